The van der Waals surface area contributed by atoms with E-state index in [-0.39, 0.29) is 5.41 Å². The number of ether oxygens (including phenoxy) is 3. The molecule has 0 spiro atoms. The summed E-state index contributed by atoms with van der Waals surface area (Å²) in [6, 6.07) is 7.80. The highest BCUT2D eigenvalue weighted by molar-refractivity contribution is 5.39. The van der Waals surface area contributed by atoms with Crippen molar-refractivity contribution in [2.24, 2.45) is 11.1 Å². The maximum Gasteiger partial charge on any atom is 0.161 e. The lowest BCUT2D eigenvalue weighted by Crippen LogP contribution is -2.37. The first-order chi connectivity index (χ1) is 9.79. The van der Waals surface area contributed by atoms with Gasteiger partial charge in [-0.3, -0.25) is 0 Å². The van der Waals surface area contributed by atoms with Crippen molar-refractivity contribution in [2.75, 3.05) is 33.0 Å². The summed E-state index contributed by atoms with van der Waals surface area (Å²) in [6.07, 6.45) is 3.02. The number of benzene rings is 1. The van der Waals surface area contributed by atoms with E-state index < -0.39 is 0 Å². The number of nitrogens with two attached hydrogens (primary N) is 1. The minimum Gasteiger partial charge on any atom is -0.490 e. The van der Waals surface area contributed by atoms with Crippen molar-refractivity contribution in [1.29, 1.82) is 0 Å². The van der Waals surface area contributed by atoms with Crippen LogP contribution in [-0.4, -0.2) is 33.0 Å². The van der Waals surface area contributed by atoms with Gasteiger partial charge in [-0.2, -0.15) is 0 Å². The van der Waals surface area contributed by atoms with E-state index >= 15 is 0 Å². The van der Waals surface area contributed by atoms with Gasteiger partial charge in [0.15, 0.2) is 11.5 Å². The summed E-state index contributed by atoms with van der Waals surface area (Å²) in [6.45, 7) is 5.61. The van der Waals surface area contributed by atoms with Crippen LogP contribution in [0.15, 0.2) is 24.3 Å². The van der Waals surface area contributed by atoms with E-state index in [1.165, 1.54) is 0 Å². The predicted molar refractivity (Wildman–Crippen MR) is 79.3 cm³/mol. The highest BCUT2D eigenvalue weighted by Crippen LogP contribution is 2.34. The highest BCUT2D eigenvalue weighted by atomic mass is 16.5. The molecular formula is C16H25NO3. The summed E-state index contributed by atoms with van der Waals surface area (Å²) in [5, 5.41) is 0. The molecule has 0 amide bonds. The van der Waals surface area contributed by atoms with E-state index in [0.717, 1.165) is 44.0 Å². The largest absolute Gasteiger partial charge is 0.490 e. The third-order valence-electron chi connectivity index (χ3n) is 4.03. The van der Waals surface area contributed by atoms with Gasteiger partial charge in [-0.05, 0) is 50.3 Å². The molecule has 0 radical (unpaired) electrons. The number of para-hydroxylation sites is 2. The molecule has 1 aromatic rings. The quantitative estimate of drug-likeness (QED) is 0.833. The summed E-state index contributed by atoms with van der Waals surface area (Å²) in [5.74, 6) is 1.62. The molecule has 0 aliphatic carbocycles. The van der Waals surface area contributed by atoms with Gasteiger partial charge in [0.1, 0.15) is 0 Å². The lowest BCUT2D eigenvalue weighted by molar-refractivity contribution is 0.00839. The third-order valence-corrected chi connectivity index (χ3v) is 4.03. The summed E-state index contributed by atoms with van der Waals surface area (Å²) in [4.78, 5) is 0. The standard InChI is InChI=1S/C16H25NO3/c1-2-19-14-5-3-4-6-15(14)20-12-9-16(13-17)7-10-18-11-8-16/h3-6H,2,7-13,17H2,1H3. The van der Waals surface area contributed by atoms with Gasteiger partial charge in [0.05, 0.1) is 13.2 Å². The Balaban J connectivity index is 1.88. The molecule has 1 fully saturated rings. The number of hydrogen-bond acceptors (Lipinski definition) is 4. The first kappa shape index (κ1) is 15.1. The Morgan fingerprint density at radius 1 is 1.15 bits per heavy atom. The van der Waals surface area contributed by atoms with Crippen molar-refractivity contribution in [3.8, 4) is 11.5 Å². The van der Waals surface area contributed by atoms with E-state index in [9.17, 15) is 0 Å². The van der Waals surface area contributed by atoms with Crippen LogP contribution in [0.4, 0.5) is 0 Å². The van der Waals surface area contributed by atoms with Crippen molar-refractivity contribution in [3.05, 3.63) is 24.3 Å². The zero-order valence-corrected chi connectivity index (χ0v) is 12.3. The molecule has 1 saturated heterocycles. The smallest absolute Gasteiger partial charge is 0.161 e. The Bertz CT molecular complexity index is 402. The fourth-order valence-electron chi connectivity index (χ4n) is 2.58. The van der Waals surface area contributed by atoms with Crippen molar-refractivity contribution in [2.45, 2.75) is 26.2 Å². The lowest BCUT2D eigenvalue weighted by Gasteiger charge is -2.36. The Hall–Kier alpha value is -1.26. The molecule has 20 heavy (non-hydrogen) atoms. The lowest BCUT2D eigenvalue weighted by atomic mass is 9.78. The van der Waals surface area contributed by atoms with Crippen LogP contribution in [0.3, 0.4) is 0 Å². The number of rotatable bonds is 7. The average Bonchev–Trinajstić information content (AvgIpc) is 2.50. The second-order valence-corrected chi connectivity index (χ2v) is 5.29. The third kappa shape index (κ3) is 3.87. The van der Waals surface area contributed by atoms with Crippen LogP contribution in [-0.2, 0) is 4.74 Å². The molecule has 2 rings (SSSR count). The van der Waals surface area contributed by atoms with Crippen LogP contribution in [0.1, 0.15) is 26.2 Å². The van der Waals surface area contributed by atoms with Crippen LogP contribution < -0.4 is 15.2 Å². The molecule has 2 N–H and O–H groups in total. The van der Waals surface area contributed by atoms with Crippen molar-refractivity contribution < 1.29 is 14.2 Å². The van der Waals surface area contributed by atoms with Crippen LogP contribution in [0.5, 0.6) is 11.5 Å². The second kappa shape index (κ2) is 7.50. The highest BCUT2D eigenvalue weighted by Gasteiger charge is 2.31. The molecule has 112 valence electrons. The fraction of sp³-hybridized carbons (Fsp3) is 0.625. The second-order valence-electron chi connectivity index (χ2n) is 5.29. The van der Waals surface area contributed by atoms with Crippen LogP contribution in [0.2, 0.25) is 0 Å². The first-order valence-corrected chi connectivity index (χ1v) is 7.42. The van der Waals surface area contributed by atoms with Gasteiger partial charge in [0.2, 0.25) is 0 Å². The summed E-state index contributed by atoms with van der Waals surface area (Å²) >= 11 is 0. The summed E-state index contributed by atoms with van der Waals surface area (Å²) in [7, 11) is 0. The van der Waals surface area contributed by atoms with E-state index in [1.807, 2.05) is 31.2 Å². The van der Waals surface area contributed by atoms with Gasteiger partial charge in [-0.1, -0.05) is 12.1 Å². The molecule has 1 aromatic carbocycles. The average molecular weight is 279 g/mol. The van der Waals surface area contributed by atoms with E-state index in [0.29, 0.717) is 19.8 Å². The predicted octanol–water partition coefficient (Wildman–Crippen LogP) is 2.61. The monoisotopic (exact) mass is 279 g/mol. The summed E-state index contributed by atoms with van der Waals surface area (Å²) < 4.78 is 16.9. The summed E-state index contributed by atoms with van der Waals surface area (Å²) in [5.41, 5.74) is 6.14. The van der Waals surface area contributed by atoms with Gasteiger partial charge in [-0.25, -0.2) is 0 Å². The molecule has 0 aromatic heterocycles. The Morgan fingerprint density at radius 3 is 2.40 bits per heavy atom. The topological polar surface area (TPSA) is 53.7 Å². The van der Waals surface area contributed by atoms with E-state index in [1.54, 1.807) is 0 Å². The number of hydrogen-bond donors (Lipinski definition) is 1. The van der Waals surface area contributed by atoms with Crippen LogP contribution in [0, 0.1) is 5.41 Å². The van der Waals surface area contributed by atoms with Crippen LogP contribution in [0.25, 0.3) is 0 Å². The Labute approximate surface area is 121 Å². The molecule has 0 bridgehead atoms. The zero-order valence-electron chi connectivity index (χ0n) is 12.3. The molecule has 0 atom stereocenters. The van der Waals surface area contributed by atoms with E-state index in [4.69, 9.17) is 19.9 Å². The van der Waals surface area contributed by atoms with Crippen LogP contribution >= 0.6 is 0 Å². The van der Waals surface area contributed by atoms with Gasteiger partial charge < -0.3 is 19.9 Å². The Kier molecular flexibility index (Phi) is 5.68. The van der Waals surface area contributed by atoms with Gasteiger partial charge in [0, 0.05) is 13.2 Å². The Morgan fingerprint density at radius 2 is 1.80 bits per heavy atom. The minimum absolute atomic E-state index is 0.179. The molecule has 0 unspecified atom stereocenters. The van der Waals surface area contributed by atoms with Crippen molar-refractivity contribution in [3.63, 3.8) is 0 Å². The zero-order chi connectivity index (χ0) is 14.3. The van der Waals surface area contributed by atoms with Crippen molar-refractivity contribution in [1.82, 2.24) is 0 Å². The molecule has 1 heterocycles. The first-order valence-electron chi connectivity index (χ1n) is 7.42. The SMILES string of the molecule is CCOc1ccccc1OCCC1(CN)CCOCC1. The van der Waals surface area contributed by atoms with Gasteiger partial charge >= 0.3 is 0 Å². The maximum absolute atomic E-state index is 5.96. The molecule has 4 nitrogen and oxygen atoms in total. The van der Waals surface area contributed by atoms with Gasteiger partial charge in [0.25, 0.3) is 0 Å². The van der Waals surface area contributed by atoms with E-state index in [2.05, 4.69) is 0 Å². The molecule has 1 aliphatic rings. The normalized spacial score (nSPS) is 17.7. The molecule has 4 heteroatoms. The fourth-order valence-corrected chi connectivity index (χ4v) is 2.58. The molecular weight excluding hydrogens is 254 g/mol. The maximum atomic E-state index is 5.96. The van der Waals surface area contributed by atoms with Gasteiger partial charge in [-0.15, -0.1) is 0 Å². The minimum atomic E-state index is 0.179. The molecule has 0 saturated carbocycles. The van der Waals surface area contributed by atoms with Crippen molar-refractivity contribution >= 4 is 0 Å². The molecule has 1 aliphatic heterocycles.